The zero-order chi connectivity index (χ0) is 13.9. The van der Waals surface area contributed by atoms with Gasteiger partial charge in [0.2, 0.25) is 0 Å². The summed E-state index contributed by atoms with van der Waals surface area (Å²) in [4.78, 5) is 24.4. The van der Waals surface area contributed by atoms with E-state index in [1.807, 2.05) is 31.2 Å². The molecular weight excluding hydrogens is 252 g/mol. The maximum atomic E-state index is 12.1. The van der Waals surface area contributed by atoms with E-state index in [-0.39, 0.29) is 5.91 Å². The Hall–Kier alpha value is -2.82. The lowest BCUT2D eigenvalue weighted by atomic mass is 10.1. The summed E-state index contributed by atoms with van der Waals surface area (Å²) < 4.78 is 0. The van der Waals surface area contributed by atoms with Crippen LogP contribution in [0.25, 0.3) is 10.9 Å². The van der Waals surface area contributed by atoms with Crippen molar-refractivity contribution in [1.82, 2.24) is 15.0 Å². The second-order valence-corrected chi connectivity index (χ2v) is 4.40. The van der Waals surface area contributed by atoms with Crippen molar-refractivity contribution in [2.24, 2.45) is 0 Å². The van der Waals surface area contributed by atoms with Crippen LogP contribution in [0.5, 0.6) is 0 Å². The molecule has 0 spiro atoms. The molecular formula is C15H12N4O. The van der Waals surface area contributed by atoms with E-state index in [4.69, 9.17) is 0 Å². The van der Waals surface area contributed by atoms with Gasteiger partial charge in [-0.25, -0.2) is 4.98 Å². The van der Waals surface area contributed by atoms with Crippen LogP contribution >= 0.6 is 0 Å². The monoisotopic (exact) mass is 264 g/mol. The Kier molecular flexibility index (Phi) is 3.09. The first-order valence-electron chi connectivity index (χ1n) is 6.17. The van der Waals surface area contributed by atoms with E-state index >= 15 is 0 Å². The third-order valence-electron chi connectivity index (χ3n) is 2.90. The Morgan fingerprint density at radius 2 is 2.05 bits per heavy atom. The Labute approximate surface area is 115 Å². The van der Waals surface area contributed by atoms with Crippen molar-refractivity contribution in [2.45, 2.75) is 6.92 Å². The van der Waals surface area contributed by atoms with Crippen LogP contribution in [0.3, 0.4) is 0 Å². The van der Waals surface area contributed by atoms with Crippen LogP contribution in [-0.2, 0) is 0 Å². The van der Waals surface area contributed by atoms with Crippen molar-refractivity contribution in [3.8, 4) is 0 Å². The number of hydrogen-bond donors (Lipinski definition) is 1. The lowest BCUT2D eigenvalue weighted by Gasteiger charge is -2.05. The summed E-state index contributed by atoms with van der Waals surface area (Å²) in [5.41, 5.74) is 2.39. The number of benzene rings is 1. The molecule has 0 atom stereocenters. The van der Waals surface area contributed by atoms with Crippen molar-refractivity contribution in [3.05, 3.63) is 60.2 Å². The Bertz CT molecular complexity index is 771. The molecule has 0 saturated heterocycles. The summed E-state index contributed by atoms with van der Waals surface area (Å²) in [6.07, 6.45) is 4.59. The van der Waals surface area contributed by atoms with Gasteiger partial charge in [0, 0.05) is 29.0 Å². The van der Waals surface area contributed by atoms with Gasteiger partial charge in [-0.2, -0.15) is 0 Å². The number of rotatable bonds is 2. The molecule has 5 heteroatoms. The lowest BCUT2D eigenvalue weighted by Crippen LogP contribution is -2.12. The molecule has 0 radical (unpaired) electrons. The quantitative estimate of drug-likeness (QED) is 0.772. The van der Waals surface area contributed by atoms with Gasteiger partial charge in [-0.15, -0.1) is 0 Å². The average molecular weight is 264 g/mol. The molecule has 0 bridgehead atoms. The summed E-state index contributed by atoms with van der Waals surface area (Å²) in [5.74, 6) is 0.215. The van der Waals surface area contributed by atoms with Crippen molar-refractivity contribution in [1.29, 1.82) is 0 Å². The number of aromatic nitrogens is 3. The molecule has 1 aromatic carbocycles. The fourth-order valence-electron chi connectivity index (χ4n) is 1.92. The minimum absolute atomic E-state index is 0.215. The molecule has 0 saturated carbocycles. The van der Waals surface area contributed by atoms with Gasteiger partial charge < -0.3 is 5.32 Å². The number of pyridine rings is 1. The van der Waals surface area contributed by atoms with Crippen LogP contribution in [0.2, 0.25) is 0 Å². The Balaban J connectivity index is 1.90. The lowest BCUT2D eigenvalue weighted by molar-refractivity contribution is 0.102. The molecule has 98 valence electrons. The number of aryl methyl sites for hydroxylation is 1. The van der Waals surface area contributed by atoms with Crippen molar-refractivity contribution >= 4 is 22.6 Å². The van der Waals surface area contributed by atoms with Gasteiger partial charge in [-0.05, 0) is 31.2 Å². The number of hydrogen-bond acceptors (Lipinski definition) is 4. The van der Waals surface area contributed by atoms with Gasteiger partial charge in [0.05, 0.1) is 11.7 Å². The number of amides is 1. The van der Waals surface area contributed by atoms with Gasteiger partial charge in [0.1, 0.15) is 0 Å². The first-order chi connectivity index (χ1) is 9.72. The normalized spacial score (nSPS) is 10.4. The molecule has 1 amide bonds. The van der Waals surface area contributed by atoms with Crippen molar-refractivity contribution in [3.63, 3.8) is 0 Å². The van der Waals surface area contributed by atoms with Crippen LogP contribution < -0.4 is 5.32 Å². The molecule has 0 unspecified atom stereocenters. The number of nitrogens with one attached hydrogen (secondary N) is 1. The highest BCUT2D eigenvalue weighted by Crippen LogP contribution is 2.15. The topological polar surface area (TPSA) is 67.8 Å². The van der Waals surface area contributed by atoms with E-state index in [2.05, 4.69) is 20.3 Å². The summed E-state index contributed by atoms with van der Waals surface area (Å²) in [5, 5.41) is 3.63. The first kappa shape index (κ1) is 12.2. The average Bonchev–Trinajstić information content (AvgIpc) is 2.47. The predicted molar refractivity (Wildman–Crippen MR) is 76.5 cm³/mol. The minimum atomic E-state index is -0.215. The van der Waals surface area contributed by atoms with Gasteiger partial charge in [0.15, 0.2) is 5.82 Å². The van der Waals surface area contributed by atoms with Crippen molar-refractivity contribution in [2.75, 3.05) is 5.32 Å². The van der Waals surface area contributed by atoms with E-state index in [0.717, 1.165) is 16.6 Å². The number of nitrogens with zero attached hydrogens (tertiary/aromatic N) is 3. The maximum Gasteiger partial charge on any atom is 0.256 e. The molecule has 1 N–H and O–H groups in total. The summed E-state index contributed by atoms with van der Waals surface area (Å²) >= 11 is 0. The van der Waals surface area contributed by atoms with Crippen molar-refractivity contribution < 1.29 is 4.79 Å². The largest absolute Gasteiger partial charge is 0.305 e. The number of anilines is 1. The summed E-state index contributed by atoms with van der Waals surface area (Å²) in [7, 11) is 0. The fourth-order valence-corrected chi connectivity index (χ4v) is 1.92. The Morgan fingerprint density at radius 1 is 1.15 bits per heavy atom. The van der Waals surface area contributed by atoms with Crippen LogP contribution in [0.1, 0.15) is 16.1 Å². The highest BCUT2D eigenvalue weighted by molar-refractivity contribution is 6.05. The SMILES string of the molecule is Cc1ccc2cc(C(=O)Nc3cnccn3)ccc2n1. The number of fused-ring (bicyclic) bond motifs is 1. The fraction of sp³-hybridized carbons (Fsp3) is 0.0667. The van der Waals surface area contributed by atoms with E-state index in [0.29, 0.717) is 11.4 Å². The zero-order valence-corrected chi connectivity index (χ0v) is 10.9. The number of carbonyl (C=O) groups excluding carboxylic acids is 1. The second kappa shape index (κ2) is 5.05. The standard InChI is InChI=1S/C15H12N4O/c1-10-2-3-11-8-12(4-5-13(11)18-10)15(20)19-14-9-16-6-7-17-14/h2-9H,1H3,(H,17,19,20). The summed E-state index contributed by atoms with van der Waals surface area (Å²) in [6, 6.07) is 9.28. The summed E-state index contributed by atoms with van der Waals surface area (Å²) in [6.45, 7) is 1.94. The first-order valence-corrected chi connectivity index (χ1v) is 6.17. The highest BCUT2D eigenvalue weighted by Gasteiger charge is 2.08. The van der Waals surface area contributed by atoms with Gasteiger partial charge in [0.25, 0.3) is 5.91 Å². The zero-order valence-electron chi connectivity index (χ0n) is 10.9. The highest BCUT2D eigenvalue weighted by atomic mass is 16.1. The number of carbonyl (C=O) groups is 1. The Morgan fingerprint density at radius 3 is 2.85 bits per heavy atom. The van der Waals surface area contributed by atoms with E-state index < -0.39 is 0 Å². The molecule has 0 aliphatic rings. The third kappa shape index (κ3) is 2.47. The molecule has 5 nitrogen and oxygen atoms in total. The van der Waals surface area contributed by atoms with Crippen LogP contribution in [0.15, 0.2) is 48.9 Å². The third-order valence-corrected chi connectivity index (χ3v) is 2.90. The van der Waals surface area contributed by atoms with Gasteiger partial charge in [-0.3, -0.25) is 14.8 Å². The maximum absolute atomic E-state index is 12.1. The molecule has 2 aromatic heterocycles. The molecule has 0 aliphatic carbocycles. The van der Waals surface area contributed by atoms with E-state index in [1.165, 1.54) is 12.4 Å². The molecule has 0 aliphatic heterocycles. The smallest absolute Gasteiger partial charge is 0.256 e. The molecule has 3 rings (SSSR count). The minimum Gasteiger partial charge on any atom is -0.305 e. The van der Waals surface area contributed by atoms with Crippen LogP contribution in [-0.4, -0.2) is 20.9 Å². The molecule has 0 fully saturated rings. The predicted octanol–water partition coefficient (Wildman–Crippen LogP) is 2.59. The van der Waals surface area contributed by atoms with Gasteiger partial charge in [-0.1, -0.05) is 6.07 Å². The van der Waals surface area contributed by atoms with E-state index in [1.54, 1.807) is 12.3 Å². The van der Waals surface area contributed by atoms with E-state index in [9.17, 15) is 4.79 Å². The molecule has 20 heavy (non-hydrogen) atoms. The van der Waals surface area contributed by atoms with Crippen LogP contribution in [0.4, 0.5) is 5.82 Å². The molecule has 2 heterocycles. The van der Waals surface area contributed by atoms with Crippen LogP contribution in [0, 0.1) is 6.92 Å². The molecule has 3 aromatic rings. The second-order valence-electron chi connectivity index (χ2n) is 4.40. The van der Waals surface area contributed by atoms with Gasteiger partial charge >= 0.3 is 0 Å².